The number of likely N-dealkylation sites (tertiary alicyclic amines) is 1. The molecule has 104 valence electrons. The largest absolute Gasteiger partial charge is 0.370 e. The van der Waals surface area contributed by atoms with Crippen LogP contribution in [0.2, 0.25) is 5.02 Å². The predicted octanol–water partition coefficient (Wildman–Crippen LogP) is 2.47. The van der Waals surface area contributed by atoms with Gasteiger partial charge in [-0.1, -0.05) is 17.7 Å². The molecule has 0 aliphatic carbocycles. The minimum atomic E-state index is 0.514. The van der Waals surface area contributed by atoms with Crippen molar-refractivity contribution in [1.29, 1.82) is 0 Å². The number of rotatable bonds is 3. The van der Waals surface area contributed by atoms with E-state index in [9.17, 15) is 0 Å². The SMILES string of the molecule is NCc1c(Cl)cccc1N1CCC(N2CCCC2)C1. The van der Waals surface area contributed by atoms with Crippen LogP contribution in [0.15, 0.2) is 18.2 Å². The second-order valence-corrected chi connectivity index (χ2v) is 5.98. The first-order valence-electron chi connectivity index (χ1n) is 7.26. The first kappa shape index (κ1) is 13.2. The van der Waals surface area contributed by atoms with Crippen LogP contribution in [-0.2, 0) is 6.54 Å². The molecule has 19 heavy (non-hydrogen) atoms. The van der Waals surface area contributed by atoms with Crippen LogP contribution in [0.25, 0.3) is 0 Å². The standard InChI is InChI=1S/C15H22ClN3/c16-14-4-3-5-15(13(14)10-17)19-9-6-12(11-19)18-7-1-2-8-18/h3-5,12H,1-2,6-11,17H2. The van der Waals surface area contributed by atoms with Gasteiger partial charge >= 0.3 is 0 Å². The number of nitrogens with zero attached hydrogens (tertiary/aromatic N) is 2. The van der Waals surface area contributed by atoms with Gasteiger partial charge in [0.05, 0.1) is 0 Å². The van der Waals surface area contributed by atoms with Gasteiger partial charge in [0.2, 0.25) is 0 Å². The van der Waals surface area contributed by atoms with Gasteiger partial charge < -0.3 is 10.6 Å². The van der Waals surface area contributed by atoms with E-state index in [0.717, 1.165) is 23.7 Å². The average molecular weight is 280 g/mol. The predicted molar refractivity (Wildman–Crippen MR) is 80.8 cm³/mol. The summed E-state index contributed by atoms with van der Waals surface area (Å²) >= 11 is 6.25. The van der Waals surface area contributed by atoms with E-state index in [1.54, 1.807) is 0 Å². The Morgan fingerprint density at radius 3 is 2.74 bits per heavy atom. The van der Waals surface area contributed by atoms with Crippen molar-refractivity contribution in [3.05, 3.63) is 28.8 Å². The Hall–Kier alpha value is -0.770. The Morgan fingerprint density at radius 2 is 2.00 bits per heavy atom. The van der Waals surface area contributed by atoms with Gasteiger partial charge in [0.15, 0.2) is 0 Å². The number of halogens is 1. The van der Waals surface area contributed by atoms with Crippen molar-refractivity contribution in [2.24, 2.45) is 5.73 Å². The summed E-state index contributed by atoms with van der Waals surface area (Å²) < 4.78 is 0. The third-order valence-electron chi connectivity index (χ3n) is 4.46. The van der Waals surface area contributed by atoms with Gasteiger partial charge in [-0.15, -0.1) is 0 Å². The fraction of sp³-hybridized carbons (Fsp3) is 0.600. The van der Waals surface area contributed by atoms with Crippen molar-refractivity contribution in [1.82, 2.24) is 4.90 Å². The zero-order chi connectivity index (χ0) is 13.2. The van der Waals surface area contributed by atoms with E-state index in [1.807, 2.05) is 12.1 Å². The molecule has 0 amide bonds. The molecule has 0 spiro atoms. The molecule has 0 bridgehead atoms. The molecule has 2 heterocycles. The third-order valence-corrected chi connectivity index (χ3v) is 4.81. The van der Waals surface area contributed by atoms with Gasteiger partial charge in [0, 0.05) is 41.9 Å². The molecule has 4 heteroatoms. The normalized spacial score (nSPS) is 24.3. The first-order valence-corrected chi connectivity index (χ1v) is 7.64. The van der Waals surface area contributed by atoms with Crippen LogP contribution in [0.3, 0.4) is 0 Å². The fourth-order valence-corrected chi connectivity index (χ4v) is 3.66. The molecular formula is C15H22ClN3. The average Bonchev–Trinajstić information content (AvgIpc) is 3.09. The number of hydrogen-bond acceptors (Lipinski definition) is 3. The summed E-state index contributed by atoms with van der Waals surface area (Å²) in [6.45, 7) is 5.30. The molecule has 0 aromatic heterocycles. The topological polar surface area (TPSA) is 32.5 Å². The van der Waals surface area contributed by atoms with Crippen LogP contribution in [0.1, 0.15) is 24.8 Å². The highest BCUT2D eigenvalue weighted by Crippen LogP contribution is 2.31. The van der Waals surface area contributed by atoms with Crippen molar-refractivity contribution in [2.45, 2.75) is 31.8 Å². The maximum Gasteiger partial charge on any atom is 0.0471 e. The van der Waals surface area contributed by atoms with Gasteiger partial charge in [-0.2, -0.15) is 0 Å². The van der Waals surface area contributed by atoms with Gasteiger partial charge in [0.25, 0.3) is 0 Å². The molecule has 2 aliphatic rings. The van der Waals surface area contributed by atoms with E-state index >= 15 is 0 Å². The highest BCUT2D eigenvalue weighted by Gasteiger charge is 2.30. The summed E-state index contributed by atoms with van der Waals surface area (Å²) in [6.07, 6.45) is 3.99. The second-order valence-electron chi connectivity index (χ2n) is 5.57. The Morgan fingerprint density at radius 1 is 1.21 bits per heavy atom. The Bertz CT molecular complexity index is 443. The number of nitrogens with two attached hydrogens (primary N) is 1. The number of anilines is 1. The molecule has 0 saturated carbocycles. The molecule has 2 saturated heterocycles. The summed E-state index contributed by atoms with van der Waals surface area (Å²) in [4.78, 5) is 5.10. The van der Waals surface area contributed by atoms with Crippen molar-refractivity contribution >= 4 is 17.3 Å². The minimum Gasteiger partial charge on any atom is -0.370 e. The molecular weight excluding hydrogens is 258 g/mol. The molecule has 2 N–H and O–H groups in total. The smallest absolute Gasteiger partial charge is 0.0471 e. The lowest BCUT2D eigenvalue weighted by molar-refractivity contribution is 0.260. The van der Waals surface area contributed by atoms with Gasteiger partial charge in [-0.25, -0.2) is 0 Å². The fourth-order valence-electron chi connectivity index (χ4n) is 3.41. The molecule has 3 nitrogen and oxygen atoms in total. The maximum atomic E-state index is 6.25. The lowest BCUT2D eigenvalue weighted by atomic mass is 10.1. The van der Waals surface area contributed by atoms with Crippen molar-refractivity contribution in [2.75, 3.05) is 31.1 Å². The molecule has 1 unspecified atom stereocenters. The molecule has 3 rings (SSSR count). The molecule has 1 aromatic carbocycles. The van der Waals surface area contributed by atoms with Gasteiger partial charge in [0.1, 0.15) is 0 Å². The van der Waals surface area contributed by atoms with Crippen LogP contribution in [-0.4, -0.2) is 37.1 Å². The van der Waals surface area contributed by atoms with E-state index in [4.69, 9.17) is 17.3 Å². The van der Waals surface area contributed by atoms with E-state index in [-0.39, 0.29) is 0 Å². The van der Waals surface area contributed by atoms with Crippen LogP contribution in [0, 0.1) is 0 Å². The third kappa shape index (κ3) is 2.60. The monoisotopic (exact) mass is 279 g/mol. The second kappa shape index (κ2) is 5.70. The highest BCUT2D eigenvalue weighted by molar-refractivity contribution is 6.31. The highest BCUT2D eigenvalue weighted by atomic mass is 35.5. The maximum absolute atomic E-state index is 6.25. The quantitative estimate of drug-likeness (QED) is 0.923. The van der Waals surface area contributed by atoms with E-state index in [1.165, 1.54) is 38.0 Å². The number of hydrogen-bond donors (Lipinski definition) is 1. The van der Waals surface area contributed by atoms with Crippen LogP contribution in [0.4, 0.5) is 5.69 Å². The minimum absolute atomic E-state index is 0.514. The summed E-state index contributed by atoms with van der Waals surface area (Å²) in [5, 5.41) is 0.796. The summed E-state index contributed by atoms with van der Waals surface area (Å²) in [5.41, 5.74) is 8.18. The van der Waals surface area contributed by atoms with E-state index < -0.39 is 0 Å². The molecule has 1 aromatic rings. The van der Waals surface area contributed by atoms with Crippen LogP contribution >= 0.6 is 11.6 Å². The van der Waals surface area contributed by atoms with Gasteiger partial charge in [-0.3, -0.25) is 4.90 Å². The zero-order valence-electron chi connectivity index (χ0n) is 11.3. The Labute approximate surface area is 120 Å². The molecule has 1 atom stereocenters. The number of benzene rings is 1. The van der Waals surface area contributed by atoms with E-state index in [2.05, 4.69) is 15.9 Å². The lowest BCUT2D eigenvalue weighted by Crippen LogP contribution is -2.35. The zero-order valence-corrected chi connectivity index (χ0v) is 12.1. The first-order chi connectivity index (χ1) is 9.29. The van der Waals surface area contributed by atoms with Crippen molar-refractivity contribution < 1.29 is 0 Å². The van der Waals surface area contributed by atoms with Crippen LogP contribution in [0.5, 0.6) is 0 Å². The van der Waals surface area contributed by atoms with Crippen molar-refractivity contribution in [3.63, 3.8) is 0 Å². The summed E-state index contributed by atoms with van der Waals surface area (Å²) in [6, 6.07) is 6.83. The Kier molecular flexibility index (Phi) is 3.96. The molecule has 2 aliphatic heterocycles. The lowest BCUT2D eigenvalue weighted by Gasteiger charge is -2.26. The molecule has 2 fully saturated rings. The van der Waals surface area contributed by atoms with E-state index in [0.29, 0.717) is 12.6 Å². The summed E-state index contributed by atoms with van der Waals surface area (Å²) in [5.74, 6) is 0. The van der Waals surface area contributed by atoms with Crippen molar-refractivity contribution in [3.8, 4) is 0 Å². The Balaban J connectivity index is 1.75. The van der Waals surface area contributed by atoms with Crippen LogP contribution < -0.4 is 10.6 Å². The van der Waals surface area contributed by atoms with Gasteiger partial charge in [-0.05, 0) is 44.5 Å². The summed E-state index contributed by atoms with van der Waals surface area (Å²) in [7, 11) is 0. The molecule has 0 radical (unpaired) electrons.